The summed E-state index contributed by atoms with van der Waals surface area (Å²) in [7, 11) is 1.58. The van der Waals surface area contributed by atoms with E-state index in [1.54, 1.807) is 37.4 Å². The molecule has 24 heavy (non-hydrogen) atoms. The molecule has 0 aliphatic rings. The number of nitro groups is 1. The number of carbonyl (C=O) groups excluding carboxylic acids is 1. The molecule has 0 aliphatic heterocycles. The van der Waals surface area contributed by atoms with Gasteiger partial charge in [0.2, 0.25) is 5.91 Å². The Morgan fingerprint density at radius 2 is 1.92 bits per heavy atom. The van der Waals surface area contributed by atoms with Gasteiger partial charge in [-0.2, -0.15) is 0 Å². The Hall–Kier alpha value is -3.09. The van der Waals surface area contributed by atoms with E-state index in [1.807, 2.05) is 13.0 Å². The van der Waals surface area contributed by atoms with Crippen LogP contribution in [0.3, 0.4) is 0 Å². The maximum absolute atomic E-state index is 11.1. The number of nitrogens with zero attached hydrogens (tertiary/aromatic N) is 1. The number of nitrogens with one attached hydrogen (secondary N) is 2. The summed E-state index contributed by atoms with van der Waals surface area (Å²) in [6, 6.07) is 12.0. The molecule has 2 aromatic carbocycles. The number of ether oxygens (including phenoxy) is 1. The topological polar surface area (TPSA) is 93.5 Å². The van der Waals surface area contributed by atoms with Crippen LogP contribution in [-0.2, 0) is 4.79 Å². The maximum atomic E-state index is 11.1. The van der Waals surface area contributed by atoms with E-state index in [0.29, 0.717) is 17.1 Å². The van der Waals surface area contributed by atoms with Crippen molar-refractivity contribution < 1.29 is 14.5 Å². The summed E-state index contributed by atoms with van der Waals surface area (Å²) < 4.78 is 5.46. The Labute approximate surface area is 139 Å². The van der Waals surface area contributed by atoms with Gasteiger partial charge in [-0.25, -0.2) is 0 Å². The van der Waals surface area contributed by atoms with Crippen LogP contribution in [0.2, 0.25) is 0 Å². The molecule has 2 aromatic rings. The van der Waals surface area contributed by atoms with Gasteiger partial charge in [0.25, 0.3) is 5.69 Å². The zero-order chi connectivity index (χ0) is 17.5. The lowest BCUT2D eigenvalue weighted by Gasteiger charge is -2.09. The average molecular weight is 329 g/mol. The molecule has 0 aromatic heterocycles. The van der Waals surface area contributed by atoms with Crippen LogP contribution >= 0.6 is 0 Å². The lowest BCUT2D eigenvalue weighted by Crippen LogP contribution is -2.20. The first-order valence-corrected chi connectivity index (χ1v) is 7.45. The Balaban J connectivity index is 2.02. The van der Waals surface area contributed by atoms with E-state index < -0.39 is 4.92 Å². The van der Waals surface area contributed by atoms with Gasteiger partial charge in [0.05, 0.1) is 18.0 Å². The van der Waals surface area contributed by atoms with Gasteiger partial charge in [-0.3, -0.25) is 14.9 Å². The molecule has 0 saturated heterocycles. The van der Waals surface area contributed by atoms with Crippen molar-refractivity contribution in [2.24, 2.45) is 0 Å². The summed E-state index contributed by atoms with van der Waals surface area (Å²) in [5, 5.41) is 16.7. The van der Waals surface area contributed by atoms with Crippen LogP contribution in [0.15, 0.2) is 42.5 Å². The molecule has 0 saturated carbocycles. The zero-order valence-electron chi connectivity index (χ0n) is 13.5. The number of benzene rings is 2. The van der Waals surface area contributed by atoms with Crippen molar-refractivity contribution in [1.29, 1.82) is 0 Å². The van der Waals surface area contributed by atoms with Crippen molar-refractivity contribution in [3.05, 3.63) is 58.1 Å². The fourth-order valence-electron chi connectivity index (χ4n) is 2.08. The number of anilines is 2. The number of aryl methyl sites for hydroxylation is 1. The van der Waals surface area contributed by atoms with Gasteiger partial charge in [0.1, 0.15) is 11.4 Å². The van der Waals surface area contributed by atoms with Crippen LogP contribution in [0, 0.1) is 17.0 Å². The van der Waals surface area contributed by atoms with Crippen molar-refractivity contribution in [1.82, 2.24) is 5.32 Å². The number of hydrogen-bond acceptors (Lipinski definition) is 5. The molecule has 0 bridgehead atoms. The van der Waals surface area contributed by atoms with E-state index in [-0.39, 0.29) is 24.6 Å². The summed E-state index contributed by atoms with van der Waals surface area (Å²) in [6.07, 6.45) is 0.284. The van der Waals surface area contributed by atoms with E-state index in [2.05, 4.69) is 10.6 Å². The SMILES string of the molecule is CNC(=O)CCOc1ccc(Nc2ccc(C)cc2[N+](=O)[O-])cc1. The van der Waals surface area contributed by atoms with Crippen LogP contribution in [0.4, 0.5) is 17.1 Å². The Kier molecular flexibility index (Phi) is 5.73. The highest BCUT2D eigenvalue weighted by Gasteiger charge is 2.13. The molecule has 0 atom stereocenters. The minimum absolute atomic E-state index is 0.0286. The molecule has 2 rings (SSSR count). The second-order valence-electron chi connectivity index (χ2n) is 5.20. The van der Waals surface area contributed by atoms with Gasteiger partial charge in [0, 0.05) is 18.8 Å². The van der Waals surface area contributed by atoms with Crippen molar-refractivity contribution in [2.75, 3.05) is 19.0 Å². The highest BCUT2D eigenvalue weighted by atomic mass is 16.6. The minimum atomic E-state index is -0.411. The third-order valence-electron chi connectivity index (χ3n) is 3.36. The molecular weight excluding hydrogens is 310 g/mol. The van der Waals surface area contributed by atoms with E-state index in [1.165, 1.54) is 6.07 Å². The van der Waals surface area contributed by atoms with Crippen molar-refractivity contribution >= 4 is 23.0 Å². The number of carbonyl (C=O) groups is 1. The molecule has 126 valence electrons. The maximum Gasteiger partial charge on any atom is 0.292 e. The summed E-state index contributed by atoms with van der Waals surface area (Å²) in [6.45, 7) is 2.09. The molecular formula is C17H19N3O4. The van der Waals surface area contributed by atoms with Crippen LogP contribution < -0.4 is 15.4 Å². The fourth-order valence-corrected chi connectivity index (χ4v) is 2.08. The molecule has 0 radical (unpaired) electrons. The molecule has 1 amide bonds. The van der Waals surface area contributed by atoms with Crippen LogP contribution in [-0.4, -0.2) is 24.5 Å². The summed E-state index contributed by atoms with van der Waals surface area (Å²) in [5.74, 6) is 0.544. The number of amides is 1. The second-order valence-corrected chi connectivity index (χ2v) is 5.20. The molecule has 7 heteroatoms. The first-order valence-electron chi connectivity index (χ1n) is 7.45. The van der Waals surface area contributed by atoms with E-state index in [4.69, 9.17) is 4.74 Å². The molecule has 0 unspecified atom stereocenters. The van der Waals surface area contributed by atoms with Gasteiger partial charge in [0.15, 0.2) is 0 Å². The van der Waals surface area contributed by atoms with Gasteiger partial charge in [-0.05, 0) is 42.8 Å². The number of nitro benzene ring substituents is 1. The second kappa shape index (κ2) is 7.96. The fraction of sp³-hybridized carbons (Fsp3) is 0.235. The molecule has 0 heterocycles. The van der Waals surface area contributed by atoms with Crippen molar-refractivity contribution in [3.8, 4) is 5.75 Å². The Morgan fingerprint density at radius 1 is 1.21 bits per heavy atom. The largest absolute Gasteiger partial charge is 0.493 e. The lowest BCUT2D eigenvalue weighted by atomic mass is 10.2. The monoisotopic (exact) mass is 329 g/mol. The van der Waals surface area contributed by atoms with Crippen molar-refractivity contribution in [3.63, 3.8) is 0 Å². The molecule has 0 aliphatic carbocycles. The van der Waals surface area contributed by atoms with Crippen molar-refractivity contribution in [2.45, 2.75) is 13.3 Å². The molecule has 0 spiro atoms. The van der Waals surface area contributed by atoms with Crippen LogP contribution in [0.5, 0.6) is 5.75 Å². The summed E-state index contributed by atoms with van der Waals surface area (Å²) >= 11 is 0. The normalized spacial score (nSPS) is 10.1. The average Bonchev–Trinajstić information content (AvgIpc) is 2.57. The highest BCUT2D eigenvalue weighted by molar-refractivity contribution is 5.75. The minimum Gasteiger partial charge on any atom is -0.493 e. The van der Waals surface area contributed by atoms with Gasteiger partial charge in [-0.15, -0.1) is 0 Å². The molecule has 0 fully saturated rings. The summed E-state index contributed by atoms with van der Waals surface area (Å²) in [4.78, 5) is 21.8. The lowest BCUT2D eigenvalue weighted by molar-refractivity contribution is -0.384. The summed E-state index contributed by atoms with van der Waals surface area (Å²) in [5.41, 5.74) is 1.99. The molecule has 7 nitrogen and oxygen atoms in total. The van der Waals surface area contributed by atoms with E-state index >= 15 is 0 Å². The van der Waals surface area contributed by atoms with E-state index in [0.717, 1.165) is 5.56 Å². The van der Waals surface area contributed by atoms with Crippen LogP contribution in [0.25, 0.3) is 0 Å². The highest BCUT2D eigenvalue weighted by Crippen LogP contribution is 2.29. The Morgan fingerprint density at radius 3 is 2.54 bits per heavy atom. The molecule has 2 N–H and O–H groups in total. The first kappa shape index (κ1) is 17.3. The number of rotatable bonds is 7. The predicted octanol–water partition coefficient (Wildman–Crippen LogP) is 3.16. The zero-order valence-corrected chi connectivity index (χ0v) is 13.5. The predicted molar refractivity (Wildman–Crippen MR) is 91.7 cm³/mol. The van der Waals surface area contributed by atoms with Gasteiger partial charge < -0.3 is 15.4 Å². The first-order chi connectivity index (χ1) is 11.5. The Bertz CT molecular complexity index is 729. The van der Waals surface area contributed by atoms with Crippen LogP contribution in [0.1, 0.15) is 12.0 Å². The quantitative estimate of drug-likeness (QED) is 0.601. The third kappa shape index (κ3) is 4.70. The van der Waals surface area contributed by atoms with Gasteiger partial charge in [-0.1, -0.05) is 6.07 Å². The third-order valence-corrected chi connectivity index (χ3v) is 3.36. The van der Waals surface area contributed by atoms with Gasteiger partial charge >= 0.3 is 0 Å². The smallest absolute Gasteiger partial charge is 0.292 e. The number of hydrogen-bond donors (Lipinski definition) is 2. The van der Waals surface area contributed by atoms with E-state index in [9.17, 15) is 14.9 Å². The standard InChI is InChI=1S/C17H19N3O4/c1-12-3-8-15(16(11-12)20(22)23)19-13-4-6-14(7-5-13)24-10-9-17(21)18-2/h3-8,11,19H,9-10H2,1-2H3,(H,18,21).